The monoisotopic (exact) mass is 332 g/mol. The average molecular weight is 332 g/mol. The van der Waals surface area contributed by atoms with Gasteiger partial charge in [-0.2, -0.15) is 5.10 Å². The molecule has 0 saturated carbocycles. The number of benzene rings is 1. The summed E-state index contributed by atoms with van der Waals surface area (Å²) in [5.74, 6) is 0.653. The molecule has 2 heterocycles. The van der Waals surface area contributed by atoms with E-state index in [4.69, 9.17) is 17.0 Å². The van der Waals surface area contributed by atoms with Crippen molar-refractivity contribution in [3.05, 3.63) is 30.5 Å². The van der Waals surface area contributed by atoms with Crippen LogP contribution in [-0.4, -0.2) is 59.6 Å². The predicted octanol–water partition coefficient (Wildman–Crippen LogP) is 0.753. The number of fused-ring (bicyclic) bond motifs is 1. The number of morpholine rings is 1. The molecule has 1 fully saturated rings. The zero-order valence-electron chi connectivity index (χ0n) is 12.8. The highest BCUT2D eigenvalue weighted by Gasteiger charge is 2.09. The third kappa shape index (κ3) is 4.47. The van der Waals surface area contributed by atoms with Gasteiger partial charge in [0.25, 0.3) is 0 Å². The molecule has 0 amide bonds. The van der Waals surface area contributed by atoms with Crippen LogP contribution in [0.15, 0.2) is 30.5 Å². The van der Waals surface area contributed by atoms with Crippen LogP contribution in [-0.2, 0) is 4.74 Å². The maximum Gasteiger partial charge on any atom is 0.185 e. The molecule has 1 aliphatic rings. The van der Waals surface area contributed by atoms with E-state index in [0.717, 1.165) is 50.2 Å². The van der Waals surface area contributed by atoms with Crippen LogP contribution in [0.4, 0.5) is 5.82 Å². The minimum Gasteiger partial charge on any atom is -0.379 e. The zero-order chi connectivity index (χ0) is 15.9. The molecule has 3 N–H and O–H groups in total. The second-order valence-electron chi connectivity index (χ2n) is 5.24. The number of hydrogen-bond acceptors (Lipinski definition) is 6. The van der Waals surface area contributed by atoms with Crippen LogP contribution in [0.2, 0.25) is 0 Å². The Labute approximate surface area is 140 Å². The number of thiocarbonyl (C=S) groups is 1. The van der Waals surface area contributed by atoms with Crippen LogP contribution < -0.4 is 16.2 Å². The van der Waals surface area contributed by atoms with Crippen molar-refractivity contribution >= 4 is 33.9 Å². The zero-order valence-corrected chi connectivity index (χ0v) is 13.6. The van der Waals surface area contributed by atoms with E-state index in [2.05, 4.69) is 31.3 Å². The molecule has 23 heavy (non-hydrogen) atoms. The molecule has 0 unspecified atom stereocenters. The van der Waals surface area contributed by atoms with E-state index >= 15 is 0 Å². The van der Waals surface area contributed by atoms with Crippen molar-refractivity contribution in [2.24, 2.45) is 0 Å². The fraction of sp³-hybridized carbons (Fsp3) is 0.400. The van der Waals surface area contributed by atoms with Crippen molar-refractivity contribution in [3.8, 4) is 0 Å². The lowest BCUT2D eigenvalue weighted by molar-refractivity contribution is 0.0389. The summed E-state index contributed by atoms with van der Waals surface area (Å²) in [4.78, 5) is 2.35. The minimum atomic E-state index is 0.535. The lowest BCUT2D eigenvalue weighted by Crippen LogP contribution is -2.44. The number of nitrogens with zero attached hydrogens (tertiary/aromatic N) is 3. The second-order valence-corrected chi connectivity index (χ2v) is 5.65. The van der Waals surface area contributed by atoms with Gasteiger partial charge in [-0.05, 0) is 12.2 Å². The van der Waals surface area contributed by atoms with E-state index < -0.39 is 0 Å². The Morgan fingerprint density at radius 3 is 2.96 bits per heavy atom. The summed E-state index contributed by atoms with van der Waals surface area (Å²) in [6, 6.07) is 7.92. The molecule has 1 saturated heterocycles. The van der Waals surface area contributed by atoms with E-state index in [0.29, 0.717) is 10.9 Å². The number of anilines is 1. The van der Waals surface area contributed by atoms with E-state index in [1.807, 2.05) is 24.3 Å². The van der Waals surface area contributed by atoms with Crippen molar-refractivity contribution < 1.29 is 4.74 Å². The van der Waals surface area contributed by atoms with Gasteiger partial charge in [0.15, 0.2) is 10.9 Å². The first-order valence-electron chi connectivity index (χ1n) is 7.63. The summed E-state index contributed by atoms with van der Waals surface area (Å²) in [6.07, 6.45) is 1.74. The van der Waals surface area contributed by atoms with Crippen molar-refractivity contribution in [1.82, 2.24) is 25.8 Å². The number of nitrogens with one attached hydrogen (secondary N) is 3. The first kappa shape index (κ1) is 15.9. The van der Waals surface area contributed by atoms with E-state index in [1.165, 1.54) is 0 Å². The molecule has 0 aliphatic carbocycles. The fourth-order valence-electron chi connectivity index (χ4n) is 2.43. The van der Waals surface area contributed by atoms with Gasteiger partial charge in [-0.25, -0.2) is 0 Å². The standard InChI is InChI=1S/C15H20N6OS/c23-15(16-5-6-21-7-9-22-10-8-21)20-19-14-13-4-2-1-3-12(13)11-17-18-14/h1-4,11H,5-10H2,(H,18,19)(H2,16,20,23). The molecule has 122 valence electrons. The molecule has 7 nitrogen and oxygen atoms in total. The quantitative estimate of drug-likeness (QED) is 0.547. The summed E-state index contributed by atoms with van der Waals surface area (Å²) in [6.45, 7) is 5.30. The number of ether oxygens (including phenoxy) is 1. The van der Waals surface area contributed by atoms with Crippen molar-refractivity contribution in [3.63, 3.8) is 0 Å². The summed E-state index contributed by atoms with van der Waals surface area (Å²) in [7, 11) is 0. The summed E-state index contributed by atoms with van der Waals surface area (Å²) in [5, 5.41) is 13.8. The van der Waals surface area contributed by atoms with Crippen molar-refractivity contribution in [2.45, 2.75) is 0 Å². The van der Waals surface area contributed by atoms with Gasteiger partial charge < -0.3 is 10.1 Å². The van der Waals surface area contributed by atoms with Crippen molar-refractivity contribution in [2.75, 3.05) is 44.8 Å². The summed E-state index contributed by atoms with van der Waals surface area (Å²) >= 11 is 5.27. The van der Waals surface area contributed by atoms with Crippen LogP contribution in [0.5, 0.6) is 0 Å². The minimum absolute atomic E-state index is 0.535. The molecule has 1 aromatic carbocycles. The third-order valence-electron chi connectivity index (χ3n) is 3.68. The largest absolute Gasteiger partial charge is 0.379 e. The van der Waals surface area contributed by atoms with Gasteiger partial charge in [0, 0.05) is 37.0 Å². The molecule has 0 spiro atoms. The maximum atomic E-state index is 5.33. The maximum absolute atomic E-state index is 5.33. The SMILES string of the molecule is S=C(NCCN1CCOCC1)NNc1nncc2ccccc12. The van der Waals surface area contributed by atoms with Gasteiger partial charge in [0.1, 0.15) is 0 Å². The highest BCUT2D eigenvalue weighted by atomic mass is 32.1. The molecular weight excluding hydrogens is 312 g/mol. The predicted molar refractivity (Wildman–Crippen MR) is 94.2 cm³/mol. The second kappa shape index (κ2) is 8.00. The van der Waals surface area contributed by atoms with Crippen LogP contribution in [0, 0.1) is 0 Å². The Kier molecular flexibility index (Phi) is 5.51. The lowest BCUT2D eigenvalue weighted by Gasteiger charge is -2.26. The number of hydrazine groups is 1. The highest BCUT2D eigenvalue weighted by Crippen LogP contribution is 2.18. The first-order chi connectivity index (χ1) is 11.3. The molecular formula is C15H20N6OS. The van der Waals surface area contributed by atoms with Crippen LogP contribution >= 0.6 is 12.2 Å². The topological polar surface area (TPSA) is 74.3 Å². The Balaban J connectivity index is 1.45. The number of rotatable bonds is 5. The Hall–Kier alpha value is -2.03. The van der Waals surface area contributed by atoms with Gasteiger partial charge >= 0.3 is 0 Å². The van der Waals surface area contributed by atoms with E-state index in [-0.39, 0.29) is 0 Å². The van der Waals surface area contributed by atoms with Crippen LogP contribution in [0.3, 0.4) is 0 Å². The molecule has 2 aromatic rings. The molecule has 0 radical (unpaired) electrons. The lowest BCUT2D eigenvalue weighted by atomic mass is 10.2. The van der Waals surface area contributed by atoms with E-state index in [1.54, 1.807) is 6.20 Å². The Morgan fingerprint density at radius 1 is 1.26 bits per heavy atom. The molecule has 1 aliphatic heterocycles. The smallest absolute Gasteiger partial charge is 0.185 e. The van der Waals surface area contributed by atoms with Gasteiger partial charge in [-0.1, -0.05) is 24.3 Å². The molecule has 0 atom stereocenters. The summed E-state index contributed by atoms with van der Waals surface area (Å²) < 4.78 is 5.33. The Morgan fingerprint density at radius 2 is 2.09 bits per heavy atom. The normalized spacial score (nSPS) is 15.3. The van der Waals surface area contributed by atoms with Crippen LogP contribution in [0.1, 0.15) is 0 Å². The van der Waals surface area contributed by atoms with Crippen molar-refractivity contribution in [1.29, 1.82) is 0 Å². The fourth-order valence-corrected chi connectivity index (χ4v) is 2.59. The average Bonchev–Trinajstić information content (AvgIpc) is 2.61. The molecule has 3 rings (SSSR count). The van der Waals surface area contributed by atoms with Crippen LogP contribution in [0.25, 0.3) is 10.8 Å². The number of aromatic nitrogens is 2. The van der Waals surface area contributed by atoms with Gasteiger partial charge in [0.05, 0.1) is 19.4 Å². The first-order valence-corrected chi connectivity index (χ1v) is 8.04. The van der Waals surface area contributed by atoms with E-state index in [9.17, 15) is 0 Å². The Bertz CT molecular complexity index is 656. The van der Waals surface area contributed by atoms with Gasteiger partial charge in [0.2, 0.25) is 0 Å². The summed E-state index contributed by atoms with van der Waals surface area (Å²) in [5.41, 5.74) is 5.97. The molecule has 1 aromatic heterocycles. The van der Waals surface area contributed by atoms with Gasteiger partial charge in [-0.3, -0.25) is 15.8 Å². The highest BCUT2D eigenvalue weighted by molar-refractivity contribution is 7.80. The molecule has 8 heteroatoms. The van der Waals surface area contributed by atoms with Gasteiger partial charge in [-0.15, -0.1) is 5.10 Å². The third-order valence-corrected chi connectivity index (χ3v) is 3.93. The number of hydrogen-bond donors (Lipinski definition) is 3. The molecule has 0 bridgehead atoms.